The Morgan fingerprint density at radius 2 is 1.74 bits per heavy atom. The van der Waals surface area contributed by atoms with Crippen LogP contribution in [0.3, 0.4) is 0 Å². The molecule has 0 spiro atoms. The van der Waals surface area contributed by atoms with Crippen molar-refractivity contribution in [3.8, 4) is 28.1 Å². The molecule has 53 heavy (non-hydrogen) atoms. The molecule has 2 amide bonds. The molecule has 16 heteroatoms. The number of aliphatic hydroxyl groups excluding tert-OH is 1. The van der Waals surface area contributed by atoms with E-state index in [1.807, 2.05) is 11.9 Å². The van der Waals surface area contributed by atoms with E-state index in [-0.39, 0.29) is 41.4 Å². The third-order valence-corrected chi connectivity index (χ3v) is 9.67. The maximum absolute atomic E-state index is 15.5. The van der Waals surface area contributed by atoms with E-state index in [4.69, 9.17) is 9.72 Å². The quantitative estimate of drug-likeness (QED) is 0.181. The Bertz CT molecular complexity index is 1930. The van der Waals surface area contributed by atoms with Crippen LogP contribution in [-0.4, -0.2) is 108 Å². The number of likely N-dealkylation sites (N-methyl/N-ethyl adjacent to an activating group) is 1. The van der Waals surface area contributed by atoms with Gasteiger partial charge in [0.2, 0.25) is 5.91 Å². The van der Waals surface area contributed by atoms with Gasteiger partial charge in [0.1, 0.15) is 23.2 Å². The Labute approximate surface area is 303 Å². The first kappa shape index (κ1) is 37.7. The number of hydrogen-bond donors (Lipinski definition) is 3. The fourth-order valence-electron chi connectivity index (χ4n) is 6.54. The van der Waals surface area contributed by atoms with Gasteiger partial charge < -0.3 is 34.7 Å². The molecule has 0 radical (unpaired) electrons. The number of ether oxygens (including phenoxy) is 2. The van der Waals surface area contributed by atoms with Crippen LogP contribution in [0.1, 0.15) is 42.5 Å². The smallest absolute Gasteiger partial charge is 0.405 e. The summed E-state index contributed by atoms with van der Waals surface area (Å²) in [6.07, 6.45) is -1.19. The number of aromatic nitrogens is 3. The zero-order valence-corrected chi connectivity index (χ0v) is 29.7. The fraction of sp³-hybridized carbons (Fsp3) is 0.405. The molecule has 6 rings (SSSR count). The molecule has 12 nitrogen and oxygen atoms in total. The van der Waals surface area contributed by atoms with Gasteiger partial charge in [0.05, 0.1) is 41.1 Å². The third-order valence-electron chi connectivity index (χ3n) is 9.67. The second-order valence-electron chi connectivity index (χ2n) is 13.9. The number of methoxy groups -OCH3 is 1. The van der Waals surface area contributed by atoms with E-state index in [9.17, 15) is 27.9 Å². The predicted molar refractivity (Wildman–Crippen MR) is 189 cm³/mol. The van der Waals surface area contributed by atoms with E-state index in [2.05, 4.69) is 24.9 Å². The molecule has 2 aromatic carbocycles. The Morgan fingerprint density at radius 3 is 2.34 bits per heavy atom. The number of nitrogens with one attached hydrogen (secondary N) is 2. The highest BCUT2D eigenvalue weighted by Crippen LogP contribution is 2.39. The number of nitrogens with zero attached hydrogens (tertiary/aromatic N) is 5. The molecule has 2 saturated heterocycles. The largest absolute Gasteiger partial charge is 0.573 e. The number of halogens is 4. The van der Waals surface area contributed by atoms with Crippen molar-refractivity contribution in [2.24, 2.45) is 5.41 Å². The van der Waals surface area contributed by atoms with E-state index in [0.29, 0.717) is 43.3 Å². The van der Waals surface area contributed by atoms with Gasteiger partial charge in [-0.3, -0.25) is 14.5 Å². The van der Waals surface area contributed by atoms with Crippen molar-refractivity contribution in [1.82, 2.24) is 24.8 Å². The number of anilines is 2. The summed E-state index contributed by atoms with van der Waals surface area (Å²) in [5.41, 5.74) is 0.0676. The number of pyridine rings is 1. The summed E-state index contributed by atoms with van der Waals surface area (Å²) in [6.45, 7) is 5.68. The lowest BCUT2D eigenvalue weighted by atomic mass is 9.92. The van der Waals surface area contributed by atoms with Gasteiger partial charge in [-0.25, -0.2) is 14.4 Å². The lowest BCUT2D eigenvalue weighted by Gasteiger charge is -2.38. The first-order chi connectivity index (χ1) is 25.2. The van der Waals surface area contributed by atoms with E-state index in [0.717, 1.165) is 30.9 Å². The summed E-state index contributed by atoms with van der Waals surface area (Å²) in [7, 11) is 3.67. The lowest BCUT2D eigenvalue weighted by Crippen LogP contribution is -2.53. The highest BCUT2D eigenvalue weighted by atomic mass is 19.4. The molecule has 2 aliphatic rings. The van der Waals surface area contributed by atoms with Gasteiger partial charge in [-0.15, -0.1) is 13.2 Å². The van der Waals surface area contributed by atoms with E-state index >= 15 is 4.39 Å². The summed E-state index contributed by atoms with van der Waals surface area (Å²) >= 11 is 0. The summed E-state index contributed by atoms with van der Waals surface area (Å²) in [6, 6.07) is 11.2. The van der Waals surface area contributed by atoms with Crippen LogP contribution in [0, 0.1) is 11.2 Å². The average Bonchev–Trinajstić information content (AvgIpc) is 3.79. The molecule has 2 aliphatic heterocycles. The van der Waals surface area contributed by atoms with E-state index in [1.165, 1.54) is 12.3 Å². The zero-order valence-electron chi connectivity index (χ0n) is 29.7. The molecule has 0 aliphatic carbocycles. The number of imidazole rings is 1. The first-order valence-corrected chi connectivity index (χ1v) is 17.1. The molecule has 2 unspecified atom stereocenters. The number of benzene rings is 2. The van der Waals surface area contributed by atoms with Crippen LogP contribution in [0.5, 0.6) is 5.75 Å². The molecule has 0 saturated carbocycles. The summed E-state index contributed by atoms with van der Waals surface area (Å²) < 4.78 is 65.9. The van der Waals surface area contributed by atoms with E-state index in [1.54, 1.807) is 62.4 Å². The van der Waals surface area contributed by atoms with Crippen molar-refractivity contribution in [3.63, 3.8) is 0 Å². The Kier molecular flexibility index (Phi) is 10.8. The van der Waals surface area contributed by atoms with Crippen LogP contribution in [0.4, 0.5) is 29.1 Å². The number of carbonyl (C=O) groups excluding carboxylic acids is 2. The van der Waals surface area contributed by atoms with Crippen LogP contribution < -0.4 is 15.0 Å². The maximum atomic E-state index is 15.5. The van der Waals surface area contributed by atoms with Gasteiger partial charge in [0.25, 0.3) is 5.91 Å². The van der Waals surface area contributed by atoms with Crippen molar-refractivity contribution >= 4 is 23.3 Å². The highest BCUT2D eigenvalue weighted by Gasteiger charge is 2.35. The molecular formula is C37H41F4N7O5. The number of aliphatic hydroxyl groups is 1. The number of amides is 2. The van der Waals surface area contributed by atoms with E-state index < -0.39 is 34.9 Å². The molecule has 4 aromatic rings. The molecule has 2 atom stereocenters. The number of rotatable bonds is 10. The Hall–Kier alpha value is -5.06. The van der Waals surface area contributed by atoms with Crippen LogP contribution in [0.15, 0.2) is 60.9 Å². The molecule has 282 valence electrons. The molecule has 2 aromatic heterocycles. The highest BCUT2D eigenvalue weighted by molar-refractivity contribution is 6.04. The fourth-order valence-corrected chi connectivity index (χ4v) is 6.54. The summed E-state index contributed by atoms with van der Waals surface area (Å²) in [5.74, 6) is -1.29. The number of carbonyl (C=O) groups is 2. The Balaban J connectivity index is 1.15. The zero-order chi connectivity index (χ0) is 38.1. The molecular weight excluding hydrogens is 698 g/mol. The standard InChI is InChI=1S/C37H41F4N7O5/c1-36(2,21-49)35(51)48-13-11-47(12-14-48)32-10-9-24(18-42-32)34(50)45-28-17-31(53-37(39,40)41)26(16-27(28)38)22-5-7-23(8-6-22)29-19-43-33(44-29)30-15-25(52-4)20-46(30)3/h5-10,16-19,25,30,49H,11-15,20-21H2,1-4H3,(H,43,44)(H,45,50). The number of aromatic amines is 1. The van der Waals surface area contributed by atoms with Crippen molar-refractivity contribution < 1.29 is 41.7 Å². The normalized spacial score (nSPS) is 18.4. The van der Waals surface area contributed by atoms with Gasteiger partial charge >= 0.3 is 6.36 Å². The molecule has 0 bridgehead atoms. The van der Waals surface area contributed by atoms with Crippen LogP contribution in [0.25, 0.3) is 22.4 Å². The van der Waals surface area contributed by atoms with Crippen molar-refractivity contribution in [1.29, 1.82) is 0 Å². The number of hydrogen-bond acceptors (Lipinski definition) is 9. The first-order valence-electron chi connectivity index (χ1n) is 17.1. The minimum atomic E-state index is -5.10. The molecule has 4 heterocycles. The summed E-state index contributed by atoms with van der Waals surface area (Å²) in [5, 5.41) is 11.9. The monoisotopic (exact) mass is 739 g/mol. The van der Waals surface area contributed by atoms with Crippen LogP contribution >= 0.6 is 0 Å². The minimum absolute atomic E-state index is 0.0456. The van der Waals surface area contributed by atoms with Crippen molar-refractivity contribution in [2.75, 3.05) is 63.7 Å². The minimum Gasteiger partial charge on any atom is -0.405 e. The number of alkyl halides is 3. The van der Waals surface area contributed by atoms with Crippen LogP contribution in [0.2, 0.25) is 0 Å². The maximum Gasteiger partial charge on any atom is 0.573 e. The topological polar surface area (TPSA) is 136 Å². The number of piperazine rings is 1. The van der Waals surface area contributed by atoms with Crippen LogP contribution in [-0.2, 0) is 9.53 Å². The van der Waals surface area contributed by atoms with Gasteiger partial charge in [-0.05, 0) is 51.1 Å². The van der Waals surface area contributed by atoms with Gasteiger partial charge in [0, 0.05) is 69.4 Å². The number of likely N-dealkylation sites (tertiary alicyclic amines) is 1. The summed E-state index contributed by atoms with van der Waals surface area (Å²) in [4.78, 5) is 43.8. The third kappa shape index (κ3) is 8.45. The van der Waals surface area contributed by atoms with Gasteiger partial charge in [-0.1, -0.05) is 24.3 Å². The predicted octanol–water partition coefficient (Wildman–Crippen LogP) is 5.49. The molecule has 2 fully saturated rings. The average molecular weight is 740 g/mol. The van der Waals surface area contributed by atoms with Gasteiger partial charge in [-0.2, -0.15) is 0 Å². The van der Waals surface area contributed by atoms with Crippen molar-refractivity contribution in [3.05, 3.63) is 78.1 Å². The van der Waals surface area contributed by atoms with Crippen molar-refractivity contribution in [2.45, 2.75) is 38.8 Å². The Morgan fingerprint density at radius 1 is 1.04 bits per heavy atom. The van der Waals surface area contributed by atoms with Gasteiger partial charge in [0.15, 0.2) is 0 Å². The second-order valence-corrected chi connectivity index (χ2v) is 13.9. The number of H-pyrrole nitrogens is 1. The lowest BCUT2D eigenvalue weighted by molar-refractivity contribution is -0.274. The second kappa shape index (κ2) is 15.1. The SMILES string of the molecule is COC1CC(c2nc(-c3ccc(-c4cc(F)c(NC(=O)c5ccc(N6CCN(C(=O)C(C)(C)CO)CC6)nc5)cc4OC(F)(F)F)cc3)c[nH]2)N(C)C1. The molecule has 3 N–H and O–H groups in total.